The van der Waals surface area contributed by atoms with Crippen molar-refractivity contribution in [3.8, 4) is 0 Å². The SMILES string of the molecule is CC(NC(=O)C(=O)N1CCCCC1C)c1ccc2c(c1)CCCC2. The predicted molar refractivity (Wildman–Crippen MR) is 94.7 cm³/mol. The van der Waals surface area contributed by atoms with Crippen molar-refractivity contribution in [2.24, 2.45) is 0 Å². The summed E-state index contributed by atoms with van der Waals surface area (Å²) in [5, 5.41) is 2.89. The normalized spacial score (nSPS) is 21.8. The lowest BCUT2D eigenvalue weighted by Gasteiger charge is -2.33. The molecule has 1 heterocycles. The third kappa shape index (κ3) is 3.63. The smallest absolute Gasteiger partial charge is 0.312 e. The van der Waals surface area contributed by atoms with Crippen LogP contribution in [0, 0.1) is 0 Å². The number of likely N-dealkylation sites (tertiary alicyclic amines) is 1. The molecule has 1 N–H and O–H groups in total. The Labute approximate surface area is 144 Å². The zero-order chi connectivity index (χ0) is 17.1. The third-order valence-corrected chi connectivity index (χ3v) is 5.48. The zero-order valence-corrected chi connectivity index (χ0v) is 14.8. The average Bonchev–Trinajstić information content (AvgIpc) is 2.61. The Balaban J connectivity index is 1.64. The predicted octanol–water partition coefficient (Wildman–Crippen LogP) is 3.14. The lowest BCUT2D eigenvalue weighted by atomic mass is 9.89. The maximum Gasteiger partial charge on any atom is 0.312 e. The van der Waals surface area contributed by atoms with E-state index in [9.17, 15) is 9.59 Å². The first-order chi connectivity index (χ1) is 11.6. The van der Waals surface area contributed by atoms with Crippen molar-refractivity contribution >= 4 is 11.8 Å². The van der Waals surface area contributed by atoms with Crippen molar-refractivity contribution in [2.45, 2.75) is 70.9 Å². The van der Waals surface area contributed by atoms with Gasteiger partial charge in [-0.05, 0) is 75.5 Å². The van der Waals surface area contributed by atoms with Crippen LogP contribution in [0.15, 0.2) is 18.2 Å². The molecule has 1 fully saturated rings. The highest BCUT2D eigenvalue weighted by Crippen LogP contribution is 2.25. The molecule has 1 aliphatic heterocycles. The van der Waals surface area contributed by atoms with E-state index < -0.39 is 5.91 Å². The van der Waals surface area contributed by atoms with Crippen LogP contribution in [0.3, 0.4) is 0 Å². The molecular formula is C20H28N2O2. The van der Waals surface area contributed by atoms with Gasteiger partial charge in [0.05, 0.1) is 6.04 Å². The van der Waals surface area contributed by atoms with Crippen LogP contribution in [0.25, 0.3) is 0 Å². The fraction of sp³-hybridized carbons (Fsp3) is 0.600. The minimum absolute atomic E-state index is 0.145. The first kappa shape index (κ1) is 17.0. The molecule has 3 rings (SSSR count). The molecule has 0 spiro atoms. The Morgan fingerprint density at radius 1 is 1.12 bits per heavy atom. The van der Waals surface area contributed by atoms with E-state index in [0.29, 0.717) is 6.54 Å². The molecule has 1 aromatic rings. The number of fused-ring (bicyclic) bond motifs is 1. The minimum atomic E-state index is -0.478. The van der Waals surface area contributed by atoms with Crippen molar-refractivity contribution in [3.63, 3.8) is 0 Å². The fourth-order valence-corrected chi connectivity index (χ4v) is 3.89. The summed E-state index contributed by atoms with van der Waals surface area (Å²) in [5.41, 5.74) is 3.92. The van der Waals surface area contributed by atoms with Crippen LogP contribution in [0.4, 0.5) is 0 Å². The van der Waals surface area contributed by atoms with Crippen molar-refractivity contribution < 1.29 is 9.59 Å². The highest BCUT2D eigenvalue weighted by Gasteiger charge is 2.29. The Bertz CT molecular complexity index is 626. The minimum Gasteiger partial charge on any atom is -0.341 e. The molecule has 0 radical (unpaired) electrons. The van der Waals surface area contributed by atoms with E-state index in [1.165, 1.54) is 24.0 Å². The van der Waals surface area contributed by atoms with Gasteiger partial charge < -0.3 is 10.2 Å². The second-order valence-corrected chi connectivity index (χ2v) is 7.27. The summed E-state index contributed by atoms with van der Waals surface area (Å²) in [5.74, 6) is -0.860. The average molecular weight is 328 g/mol. The molecule has 0 bridgehead atoms. The molecule has 2 amide bonds. The quantitative estimate of drug-likeness (QED) is 0.848. The van der Waals surface area contributed by atoms with Crippen LogP contribution in [-0.2, 0) is 22.4 Å². The van der Waals surface area contributed by atoms with E-state index in [0.717, 1.165) is 37.7 Å². The van der Waals surface area contributed by atoms with Gasteiger partial charge in [-0.1, -0.05) is 18.2 Å². The topological polar surface area (TPSA) is 49.4 Å². The van der Waals surface area contributed by atoms with Crippen molar-refractivity contribution in [1.82, 2.24) is 10.2 Å². The second kappa shape index (κ2) is 7.37. The molecule has 24 heavy (non-hydrogen) atoms. The number of aryl methyl sites for hydroxylation is 2. The molecule has 2 atom stereocenters. The molecular weight excluding hydrogens is 300 g/mol. The molecule has 4 nitrogen and oxygen atoms in total. The van der Waals surface area contributed by atoms with Gasteiger partial charge >= 0.3 is 11.8 Å². The summed E-state index contributed by atoms with van der Waals surface area (Å²) < 4.78 is 0. The first-order valence-electron chi connectivity index (χ1n) is 9.29. The van der Waals surface area contributed by atoms with E-state index in [1.807, 2.05) is 13.8 Å². The van der Waals surface area contributed by atoms with Gasteiger partial charge in [-0.15, -0.1) is 0 Å². The van der Waals surface area contributed by atoms with E-state index in [1.54, 1.807) is 4.90 Å². The third-order valence-electron chi connectivity index (χ3n) is 5.48. The standard InChI is InChI=1S/C20H28N2O2/c1-14-7-5-6-12-22(14)20(24)19(23)21-15(2)17-11-10-16-8-3-4-9-18(16)13-17/h10-11,13-15H,3-9,12H2,1-2H3,(H,21,23). The number of piperidine rings is 1. The Morgan fingerprint density at radius 3 is 2.62 bits per heavy atom. The molecule has 2 aliphatic rings. The van der Waals surface area contributed by atoms with E-state index in [-0.39, 0.29) is 18.0 Å². The number of carbonyl (C=O) groups is 2. The second-order valence-electron chi connectivity index (χ2n) is 7.27. The van der Waals surface area contributed by atoms with Gasteiger partial charge in [0.1, 0.15) is 0 Å². The van der Waals surface area contributed by atoms with E-state index in [4.69, 9.17) is 0 Å². The molecule has 1 saturated heterocycles. The van der Waals surface area contributed by atoms with Crippen LogP contribution in [-0.4, -0.2) is 29.3 Å². The monoisotopic (exact) mass is 328 g/mol. The van der Waals surface area contributed by atoms with Crippen LogP contribution >= 0.6 is 0 Å². The number of benzene rings is 1. The molecule has 4 heteroatoms. The van der Waals surface area contributed by atoms with Crippen LogP contribution < -0.4 is 5.32 Å². The lowest BCUT2D eigenvalue weighted by Crippen LogP contribution is -2.49. The van der Waals surface area contributed by atoms with Gasteiger partial charge in [-0.3, -0.25) is 9.59 Å². The summed E-state index contributed by atoms with van der Waals surface area (Å²) in [7, 11) is 0. The van der Waals surface area contributed by atoms with Gasteiger partial charge in [0, 0.05) is 12.6 Å². The summed E-state index contributed by atoms with van der Waals surface area (Å²) in [6, 6.07) is 6.49. The fourth-order valence-electron chi connectivity index (χ4n) is 3.89. The molecule has 0 aromatic heterocycles. The number of amides is 2. The van der Waals surface area contributed by atoms with E-state index >= 15 is 0 Å². The molecule has 0 saturated carbocycles. The Morgan fingerprint density at radius 2 is 1.88 bits per heavy atom. The van der Waals surface area contributed by atoms with Crippen LogP contribution in [0.5, 0.6) is 0 Å². The zero-order valence-electron chi connectivity index (χ0n) is 14.8. The van der Waals surface area contributed by atoms with E-state index in [2.05, 4.69) is 23.5 Å². The molecule has 1 aromatic carbocycles. The molecule has 1 aliphatic carbocycles. The van der Waals surface area contributed by atoms with Gasteiger partial charge in [-0.2, -0.15) is 0 Å². The number of hydrogen-bond donors (Lipinski definition) is 1. The molecule has 130 valence electrons. The number of nitrogens with one attached hydrogen (secondary N) is 1. The van der Waals surface area contributed by atoms with Gasteiger partial charge in [0.2, 0.25) is 0 Å². The van der Waals surface area contributed by atoms with Gasteiger partial charge in [0.15, 0.2) is 0 Å². The number of carbonyl (C=O) groups excluding carboxylic acids is 2. The van der Waals surface area contributed by atoms with Crippen molar-refractivity contribution in [2.75, 3.05) is 6.54 Å². The summed E-state index contributed by atoms with van der Waals surface area (Å²) in [6.07, 6.45) is 7.89. The van der Waals surface area contributed by atoms with Gasteiger partial charge in [-0.25, -0.2) is 0 Å². The Hall–Kier alpha value is -1.84. The number of nitrogens with zero attached hydrogens (tertiary/aromatic N) is 1. The largest absolute Gasteiger partial charge is 0.341 e. The highest BCUT2D eigenvalue weighted by atomic mass is 16.2. The maximum atomic E-state index is 12.4. The van der Waals surface area contributed by atoms with Crippen molar-refractivity contribution in [1.29, 1.82) is 0 Å². The van der Waals surface area contributed by atoms with Crippen LogP contribution in [0.1, 0.15) is 68.7 Å². The molecule has 2 unspecified atom stereocenters. The first-order valence-corrected chi connectivity index (χ1v) is 9.29. The summed E-state index contributed by atoms with van der Waals surface area (Å²) >= 11 is 0. The summed E-state index contributed by atoms with van der Waals surface area (Å²) in [4.78, 5) is 26.5. The Kier molecular flexibility index (Phi) is 5.22. The van der Waals surface area contributed by atoms with Crippen LogP contribution in [0.2, 0.25) is 0 Å². The van der Waals surface area contributed by atoms with Gasteiger partial charge in [0.25, 0.3) is 0 Å². The lowest BCUT2D eigenvalue weighted by molar-refractivity contribution is -0.148. The highest BCUT2D eigenvalue weighted by molar-refractivity contribution is 6.35. The number of hydrogen-bond acceptors (Lipinski definition) is 2. The number of rotatable bonds is 2. The summed E-state index contributed by atoms with van der Waals surface area (Å²) in [6.45, 7) is 4.67. The van der Waals surface area contributed by atoms with Crippen molar-refractivity contribution in [3.05, 3.63) is 34.9 Å². The maximum absolute atomic E-state index is 12.4.